The number of pyridine rings is 1. The average Bonchev–Trinajstić information content (AvgIpc) is 2.66. The lowest BCUT2D eigenvalue weighted by atomic mass is 10.0. The Labute approximate surface area is 169 Å². The highest BCUT2D eigenvalue weighted by molar-refractivity contribution is 5.87. The van der Waals surface area contributed by atoms with Crippen LogP contribution < -0.4 is 10.9 Å². The second-order valence-electron chi connectivity index (χ2n) is 6.82. The number of phenolic OH excluding ortho intramolecular Hbond substituents is 2. The zero-order chi connectivity index (χ0) is 19.4. The third kappa shape index (κ3) is 5.25. The van der Waals surface area contributed by atoms with E-state index in [2.05, 4.69) is 17.2 Å². The molecule has 150 valence electrons. The second kappa shape index (κ2) is 9.59. The fraction of sp³-hybridized carbons (Fsp3) is 0.286. The van der Waals surface area contributed by atoms with Crippen LogP contribution in [-0.4, -0.2) is 32.9 Å². The van der Waals surface area contributed by atoms with Gasteiger partial charge in [-0.2, -0.15) is 0 Å². The summed E-state index contributed by atoms with van der Waals surface area (Å²) >= 11 is 0. The molecule has 0 spiro atoms. The summed E-state index contributed by atoms with van der Waals surface area (Å²) in [5.41, 5.74) is 1.83. The summed E-state index contributed by atoms with van der Waals surface area (Å²) < 4.78 is 0. The number of nitrogens with one attached hydrogen (secondary N) is 2. The van der Waals surface area contributed by atoms with Crippen LogP contribution in [0.25, 0.3) is 10.9 Å². The smallest absolute Gasteiger partial charge is 0.248 e. The van der Waals surface area contributed by atoms with E-state index in [0.717, 1.165) is 18.4 Å². The number of hydrogen-bond acceptors (Lipinski definition) is 5. The summed E-state index contributed by atoms with van der Waals surface area (Å²) in [6.07, 6.45) is 0.991. The Morgan fingerprint density at radius 3 is 2.46 bits per heavy atom. The van der Waals surface area contributed by atoms with Gasteiger partial charge in [0.25, 0.3) is 0 Å². The van der Waals surface area contributed by atoms with Gasteiger partial charge in [-0.1, -0.05) is 18.2 Å². The molecule has 0 aliphatic heterocycles. The van der Waals surface area contributed by atoms with Gasteiger partial charge in [0.1, 0.15) is 11.5 Å². The number of phenols is 2. The van der Waals surface area contributed by atoms with Crippen molar-refractivity contribution in [1.29, 1.82) is 0 Å². The van der Waals surface area contributed by atoms with Crippen LogP contribution in [0, 0.1) is 0 Å². The van der Waals surface area contributed by atoms with Crippen LogP contribution in [0.5, 0.6) is 11.5 Å². The molecule has 28 heavy (non-hydrogen) atoms. The molecule has 0 saturated heterocycles. The van der Waals surface area contributed by atoms with E-state index in [1.165, 1.54) is 12.1 Å². The predicted molar refractivity (Wildman–Crippen MR) is 112 cm³/mol. The lowest BCUT2D eigenvalue weighted by Crippen LogP contribution is -2.31. The van der Waals surface area contributed by atoms with Crippen molar-refractivity contribution in [3.8, 4) is 11.5 Å². The topological polar surface area (TPSA) is 106 Å². The van der Waals surface area contributed by atoms with Gasteiger partial charge in [-0.25, -0.2) is 0 Å². The number of fused-ring (bicyclic) bond motifs is 1. The van der Waals surface area contributed by atoms with Crippen molar-refractivity contribution in [1.82, 2.24) is 10.3 Å². The third-order valence-corrected chi connectivity index (χ3v) is 4.73. The number of aromatic amines is 1. The maximum atomic E-state index is 11.5. The van der Waals surface area contributed by atoms with Crippen molar-refractivity contribution in [3.05, 3.63) is 70.0 Å². The average molecular weight is 405 g/mol. The number of benzene rings is 2. The highest BCUT2D eigenvalue weighted by atomic mass is 35.5. The number of halogens is 1. The van der Waals surface area contributed by atoms with Crippen LogP contribution in [0.1, 0.15) is 30.6 Å². The minimum atomic E-state index is -0.768. The van der Waals surface area contributed by atoms with Crippen LogP contribution in [0.3, 0.4) is 0 Å². The summed E-state index contributed by atoms with van der Waals surface area (Å²) in [5.74, 6) is 0.240. The number of H-pyrrole nitrogens is 1. The molecule has 5 N–H and O–H groups in total. The van der Waals surface area contributed by atoms with E-state index in [0.29, 0.717) is 23.0 Å². The van der Waals surface area contributed by atoms with E-state index < -0.39 is 6.10 Å². The zero-order valence-corrected chi connectivity index (χ0v) is 16.4. The minimum absolute atomic E-state index is 0. The van der Waals surface area contributed by atoms with E-state index >= 15 is 0 Å². The molecule has 1 heterocycles. The molecule has 1 aromatic heterocycles. The molecule has 7 heteroatoms. The van der Waals surface area contributed by atoms with E-state index in [4.69, 9.17) is 0 Å². The SMILES string of the molecule is CC(CCc1ccc(O)cc1)NCC(O)c1ccc(O)c2[nH]c(=O)ccc12.Cl. The molecule has 3 aromatic rings. The number of aliphatic hydroxyl groups excluding tert-OH is 1. The van der Waals surface area contributed by atoms with Gasteiger partial charge in [-0.05, 0) is 55.2 Å². The van der Waals surface area contributed by atoms with Crippen molar-refractivity contribution in [3.63, 3.8) is 0 Å². The molecule has 2 unspecified atom stereocenters. The Hall–Kier alpha value is -2.54. The zero-order valence-electron chi connectivity index (χ0n) is 15.6. The quantitative estimate of drug-likeness (QED) is 0.416. The summed E-state index contributed by atoms with van der Waals surface area (Å²) in [7, 11) is 0. The predicted octanol–water partition coefficient (Wildman–Crippen LogP) is 3.01. The molecule has 2 aromatic carbocycles. The van der Waals surface area contributed by atoms with Crippen LogP contribution in [0.4, 0.5) is 0 Å². The van der Waals surface area contributed by atoms with Gasteiger partial charge in [0.15, 0.2) is 0 Å². The van der Waals surface area contributed by atoms with Crippen LogP contribution >= 0.6 is 12.4 Å². The van der Waals surface area contributed by atoms with E-state index in [1.807, 2.05) is 12.1 Å². The van der Waals surface area contributed by atoms with Crippen molar-refractivity contribution in [2.75, 3.05) is 6.54 Å². The Balaban J connectivity index is 0.00000280. The van der Waals surface area contributed by atoms with E-state index in [1.54, 1.807) is 24.3 Å². The molecule has 3 rings (SSSR count). The maximum absolute atomic E-state index is 11.5. The van der Waals surface area contributed by atoms with Gasteiger partial charge in [0.05, 0.1) is 11.6 Å². The molecule has 0 amide bonds. The molecule has 0 fully saturated rings. The van der Waals surface area contributed by atoms with E-state index in [9.17, 15) is 20.1 Å². The number of aryl methyl sites for hydroxylation is 1. The summed E-state index contributed by atoms with van der Waals surface area (Å²) in [4.78, 5) is 14.1. The first-order chi connectivity index (χ1) is 12.9. The molecule has 0 radical (unpaired) electrons. The first-order valence-electron chi connectivity index (χ1n) is 8.98. The van der Waals surface area contributed by atoms with Crippen LogP contribution in [0.15, 0.2) is 53.3 Å². The number of aromatic nitrogens is 1. The Morgan fingerprint density at radius 1 is 1.04 bits per heavy atom. The fourth-order valence-electron chi connectivity index (χ4n) is 3.12. The van der Waals surface area contributed by atoms with Crippen LogP contribution in [0.2, 0.25) is 0 Å². The number of aliphatic hydroxyl groups is 1. The lowest BCUT2D eigenvalue weighted by Gasteiger charge is -2.19. The van der Waals surface area contributed by atoms with Crippen molar-refractivity contribution in [2.24, 2.45) is 0 Å². The summed E-state index contributed by atoms with van der Waals surface area (Å²) in [6, 6.07) is 13.5. The minimum Gasteiger partial charge on any atom is -0.508 e. The number of aromatic hydroxyl groups is 2. The molecule has 0 bridgehead atoms. The largest absolute Gasteiger partial charge is 0.508 e. The molecule has 0 aliphatic carbocycles. The number of hydrogen-bond donors (Lipinski definition) is 5. The molecular weight excluding hydrogens is 380 g/mol. The summed E-state index contributed by atoms with van der Waals surface area (Å²) in [6.45, 7) is 2.41. The highest BCUT2D eigenvalue weighted by Gasteiger charge is 2.15. The first-order valence-corrected chi connectivity index (χ1v) is 8.98. The molecule has 0 saturated carbocycles. The maximum Gasteiger partial charge on any atom is 0.248 e. The molecular formula is C21H25ClN2O4. The van der Waals surface area contributed by atoms with Crippen molar-refractivity contribution in [2.45, 2.75) is 31.9 Å². The Kier molecular flexibility index (Phi) is 7.45. The second-order valence-corrected chi connectivity index (χ2v) is 6.82. The van der Waals surface area contributed by atoms with E-state index in [-0.39, 0.29) is 35.5 Å². The molecule has 6 nitrogen and oxygen atoms in total. The Bertz CT molecular complexity index is 972. The van der Waals surface area contributed by atoms with Gasteiger partial charge < -0.3 is 25.6 Å². The standard InChI is InChI=1S/C21H24N2O4.ClH/c1-13(2-3-14-4-6-15(24)7-5-14)22-12-19(26)16-8-10-18(25)21-17(16)9-11-20(27)23-21;/h4-11,13,19,22,24-26H,2-3,12H2,1H3,(H,23,27);1H. The van der Waals surface area contributed by atoms with Crippen molar-refractivity contribution < 1.29 is 15.3 Å². The monoisotopic (exact) mass is 404 g/mol. The van der Waals surface area contributed by atoms with Crippen molar-refractivity contribution >= 4 is 23.3 Å². The first kappa shape index (κ1) is 21.8. The van der Waals surface area contributed by atoms with Gasteiger partial charge in [-0.3, -0.25) is 4.79 Å². The fourth-order valence-corrected chi connectivity index (χ4v) is 3.12. The Morgan fingerprint density at radius 2 is 1.75 bits per heavy atom. The van der Waals surface area contributed by atoms with Crippen LogP contribution in [-0.2, 0) is 6.42 Å². The summed E-state index contributed by atoms with van der Waals surface area (Å²) in [5, 5.41) is 33.8. The third-order valence-electron chi connectivity index (χ3n) is 4.73. The van der Waals surface area contributed by atoms with Gasteiger partial charge in [-0.15, -0.1) is 12.4 Å². The lowest BCUT2D eigenvalue weighted by molar-refractivity contribution is 0.171. The molecule has 0 aliphatic rings. The van der Waals surface area contributed by atoms with Gasteiger partial charge in [0.2, 0.25) is 5.56 Å². The van der Waals surface area contributed by atoms with Gasteiger partial charge in [0, 0.05) is 24.0 Å². The highest BCUT2D eigenvalue weighted by Crippen LogP contribution is 2.28. The normalized spacial score (nSPS) is 13.1. The number of rotatable bonds is 7. The molecule has 2 atom stereocenters. The van der Waals surface area contributed by atoms with Gasteiger partial charge >= 0.3 is 0 Å².